The van der Waals surface area contributed by atoms with Gasteiger partial charge in [0.2, 0.25) is 0 Å². The number of ether oxygens (including phenoxy) is 2. The fourth-order valence-electron chi connectivity index (χ4n) is 1.96. The van der Waals surface area contributed by atoms with Crippen LogP contribution in [0.2, 0.25) is 0 Å². The fraction of sp³-hybridized carbons (Fsp3) is 0.133. The molecule has 1 amide bonds. The number of rotatable bonds is 2. The van der Waals surface area contributed by atoms with Gasteiger partial charge in [-0.15, -0.1) is 0 Å². The Morgan fingerprint density at radius 1 is 1.05 bits per heavy atom. The largest absolute Gasteiger partial charge is 0.486 e. The van der Waals surface area contributed by atoms with Gasteiger partial charge in [0.15, 0.2) is 11.5 Å². The molecule has 0 atom stereocenters. The summed E-state index contributed by atoms with van der Waals surface area (Å²) in [6, 6.07) is 12.8. The zero-order valence-electron chi connectivity index (χ0n) is 10.6. The van der Waals surface area contributed by atoms with Crippen molar-refractivity contribution in [2.24, 2.45) is 0 Å². The summed E-state index contributed by atoms with van der Waals surface area (Å²) in [5, 5.41) is 2.87. The van der Waals surface area contributed by atoms with E-state index in [-0.39, 0.29) is 5.91 Å². The van der Waals surface area contributed by atoms with Gasteiger partial charge in [-0.25, -0.2) is 0 Å². The second-order valence-electron chi connectivity index (χ2n) is 4.29. The Bertz CT molecular complexity index is 657. The molecule has 1 aliphatic rings. The summed E-state index contributed by atoms with van der Waals surface area (Å²) in [7, 11) is 0. The van der Waals surface area contributed by atoms with Gasteiger partial charge in [-0.05, 0) is 46.9 Å². The molecule has 2 aromatic carbocycles. The number of hydrogen-bond acceptors (Lipinski definition) is 3. The second kappa shape index (κ2) is 5.70. The highest BCUT2D eigenvalue weighted by atomic mass is 127. The van der Waals surface area contributed by atoms with E-state index in [4.69, 9.17) is 9.47 Å². The fourth-order valence-corrected chi connectivity index (χ4v) is 2.60. The zero-order valence-corrected chi connectivity index (χ0v) is 12.7. The van der Waals surface area contributed by atoms with Crippen LogP contribution in [0.1, 0.15) is 10.4 Å². The summed E-state index contributed by atoms with van der Waals surface area (Å²) in [5.41, 5.74) is 1.35. The van der Waals surface area contributed by atoms with E-state index in [0.717, 1.165) is 3.57 Å². The second-order valence-corrected chi connectivity index (χ2v) is 5.45. The average molecular weight is 381 g/mol. The highest BCUT2D eigenvalue weighted by Crippen LogP contribution is 2.32. The van der Waals surface area contributed by atoms with Gasteiger partial charge in [0.25, 0.3) is 5.91 Å². The molecular weight excluding hydrogens is 369 g/mol. The molecule has 0 spiro atoms. The number of fused-ring (bicyclic) bond motifs is 1. The first kappa shape index (κ1) is 13.2. The van der Waals surface area contributed by atoms with Crippen molar-refractivity contribution in [1.29, 1.82) is 0 Å². The Kier molecular flexibility index (Phi) is 3.77. The molecule has 1 N–H and O–H groups in total. The first-order valence-electron chi connectivity index (χ1n) is 6.19. The van der Waals surface area contributed by atoms with Crippen molar-refractivity contribution in [2.45, 2.75) is 0 Å². The number of amides is 1. The summed E-state index contributed by atoms with van der Waals surface area (Å²) in [5.74, 6) is 1.24. The molecule has 0 unspecified atom stereocenters. The third-order valence-electron chi connectivity index (χ3n) is 2.92. The number of carbonyl (C=O) groups is 1. The molecule has 20 heavy (non-hydrogen) atoms. The average Bonchev–Trinajstić information content (AvgIpc) is 2.47. The van der Waals surface area contributed by atoms with Crippen molar-refractivity contribution in [1.82, 2.24) is 0 Å². The molecule has 0 fully saturated rings. The Balaban J connectivity index is 1.81. The highest BCUT2D eigenvalue weighted by Gasteiger charge is 2.14. The van der Waals surface area contributed by atoms with Gasteiger partial charge in [-0.1, -0.05) is 12.1 Å². The van der Waals surface area contributed by atoms with Crippen molar-refractivity contribution in [3.8, 4) is 11.5 Å². The molecule has 1 aliphatic heterocycles. The van der Waals surface area contributed by atoms with Crippen LogP contribution in [0.15, 0.2) is 42.5 Å². The summed E-state index contributed by atoms with van der Waals surface area (Å²) >= 11 is 2.15. The van der Waals surface area contributed by atoms with E-state index in [9.17, 15) is 4.79 Å². The lowest BCUT2D eigenvalue weighted by Crippen LogP contribution is -2.16. The van der Waals surface area contributed by atoms with Crippen LogP contribution in [-0.2, 0) is 0 Å². The van der Waals surface area contributed by atoms with Crippen molar-refractivity contribution in [3.63, 3.8) is 0 Å². The number of nitrogens with one attached hydrogen (secondary N) is 1. The number of halogens is 1. The Morgan fingerprint density at radius 2 is 1.80 bits per heavy atom. The molecular formula is C15H12INO3. The summed E-state index contributed by atoms with van der Waals surface area (Å²) in [6.07, 6.45) is 0. The van der Waals surface area contributed by atoms with Crippen LogP contribution in [0.4, 0.5) is 5.69 Å². The van der Waals surface area contributed by atoms with Gasteiger partial charge in [-0.3, -0.25) is 4.79 Å². The predicted molar refractivity (Wildman–Crippen MR) is 84.5 cm³/mol. The molecule has 0 radical (unpaired) electrons. The quantitative estimate of drug-likeness (QED) is 0.813. The van der Waals surface area contributed by atoms with Gasteiger partial charge in [-0.2, -0.15) is 0 Å². The van der Waals surface area contributed by atoms with E-state index in [2.05, 4.69) is 27.9 Å². The highest BCUT2D eigenvalue weighted by molar-refractivity contribution is 14.1. The van der Waals surface area contributed by atoms with E-state index in [1.54, 1.807) is 24.3 Å². The van der Waals surface area contributed by atoms with Gasteiger partial charge in [0.1, 0.15) is 13.2 Å². The van der Waals surface area contributed by atoms with Crippen LogP contribution >= 0.6 is 22.6 Å². The SMILES string of the molecule is O=C(Nc1ccc2c(c1)OCCO2)c1ccccc1I. The monoisotopic (exact) mass is 381 g/mol. The van der Waals surface area contributed by atoms with Gasteiger partial charge in [0, 0.05) is 15.3 Å². The zero-order chi connectivity index (χ0) is 13.9. The molecule has 0 bridgehead atoms. The molecule has 0 saturated carbocycles. The minimum atomic E-state index is -0.133. The van der Waals surface area contributed by atoms with Crippen LogP contribution in [0, 0.1) is 3.57 Å². The minimum absolute atomic E-state index is 0.133. The van der Waals surface area contributed by atoms with Crippen molar-refractivity contribution in [3.05, 3.63) is 51.6 Å². The minimum Gasteiger partial charge on any atom is -0.486 e. The van der Waals surface area contributed by atoms with Crippen LogP contribution < -0.4 is 14.8 Å². The maximum Gasteiger partial charge on any atom is 0.256 e. The molecule has 3 rings (SSSR count). The topological polar surface area (TPSA) is 47.6 Å². The molecule has 1 heterocycles. The molecule has 0 aromatic heterocycles. The Hall–Kier alpha value is -1.76. The third kappa shape index (κ3) is 2.72. The van der Waals surface area contributed by atoms with Crippen LogP contribution in [0.25, 0.3) is 0 Å². The van der Waals surface area contributed by atoms with Crippen LogP contribution in [-0.4, -0.2) is 19.1 Å². The van der Waals surface area contributed by atoms with E-state index in [1.807, 2.05) is 18.2 Å². The first-order valence-corrected chi connectivity index (χ1v) is 7.27. The predicted octanol–water partition coefficient (Wildman–Crippen LogP) is 3.31. The maximum absolute atomic E-state index is 12.2. The van der Waals surface area contributed by atoms with E-state index in [0.29, 0.717) is 36.0 Å². The summed E-state index contributed by atoms with van der Waals surface area (Å²) in [4.78, 5) is 12.2. The molecule has 0 aliphatic carbocycles. The summed E-state index contributed by atoms with van der Waals surface area (Å²) < 4.78 is 11.9. The van der Waals surface area contributed by atoms with Crippen LogP contribution in [0.5, 0.6) is 11.5 Å². The first-order chi connectivity index (χ1) is 9.74. The van der Waals surface area contributed by atoms with Crippen molar-refractivity contribution < 1.29 is 14.3 Å². The molecule has 2 aromatic rings. The maximum atomic E-state index is 12.2. The lowest BCUT2D eigenvalue weighted by Gasteiger charge is -2.19. The summed E-state index contributed by atoms with van der Waals surface area (Å²) in [6.45, 7) is 1.09. The Morgan fingerprint density at radius 3 is 2.60 bits per heavy atom. The van der Waals surface area contributed by atoms with Crippen LogP contribution in [0.3, 0.4) is 0 Å². The third-order valence-corrected chi connectivity index (χ3v) is 3.86. The molecule has 4 nitrogen and oxygen atoms in total. The normalized spacial score (nSPS) is 12.8. The standard InChI is InChI=1S/C15H12INO3/c16-12-4-2-1-3-11(12)15(18)17-10-5-6-13-14(9-10)20-8-7-19-13/h1-6,9H,7-8H2,(H,17,18). The molecule has 102 valence electrons. The smallest absolute Gasteiger partial charge is 0.256 e. The number of anilines is 1. The van der Waals surface area contributed by atoms with Gasteiger partial charge < -0.3 is 14.8 Å². The lowest BCUT2D eigenvalue weighted by atomic mass is 10.2. The van der Waals surface area contributed by atoms with E-state index < -0.39 is 0 Å². The van der Waals surface area contributed by atoms with Crippen molar-refractivity contribution >= 4 is 34.2 Å². The molecule has 0 saturated heterocycles. The lowest BCUT2D eigenvalue weighted by molar-refractivity contribution is 0.102. The Labute approximate surface area is 130 Å². The van der Waals surface area contributed by atoms with E-state index >= 15 is 0 Å². The van der Waals surface area contributed by atoms with Gasteiger partial charge >= 0.3 is 0 Å². The van der Waals surface area contributed by atoms with E-state index in [1.165, 1.54) is 0 Å². The number of hydrogen-bond donors (Lipinski definition) is 1. The van der Waals surface area contributed by atoms with Gasteiger partial charge in [0.05, 0.1) is 5.56 Å². The molecule has 5 heteroatoms. The van der Waals surface area contributed by atoms with Crippen molar-refractivity contribution in [2.75, 3.05) is 18.5 Å². The number of carbonyl (C=O) groups excluding carboxylic acids is 1. The number of benzene rings is 2.